The highest BCUT2D eigenvalue weighted by atomic mass is 35.5. The molecule has 2 amide bonds. The van der Waals surface area contributed by atoms with Crippen LogP contribution in [0.5, 0.6) is 0 Å². The molecule has 1 aliphatic heterocycles. The van der Waals surface area contributed by atoms with Gasteiger partial charge in [-0.15, -0.1) is 0 Å². The highest BCUT2D eigenvalue weighted by molar-refractivity contribution is 6.30. The van der Waals surface area contributed by atoms with Crippen molar-refractivity contribution >= 4 is 23.3 Å². The average molecular weight is 359 g/mol. The largest absolute Gasteiger partial charge is 0.334 e. The van der Waals surface area contributed by atoms with E-state index in [9.17, 15) is 4.79 Å². The first kappa shape index (κ1) is 16.5. The first-order chi connectivity index (χ1) is 12.2. The first-order valence-corrected chi connectivity index (χ1v) is 9.39. The zero-order chi connectivity index (χ0) is 17.2. The lowest BCUT2D eigenvalue weighted by atomic mass is 9.96. The maximum atomic E-state index is 12.4. The van der Waals surface area contributed by atoms with Gasteiger partial charge in [0.25, 0.3) is 0 Å². The molecule has 1 saturated carbocycles. The number of nitrogens with zero attached hydrogens (tertiary/aromatic N) is 3. The third-order valence-corrected chi connectivity index (χ3v) is 5.39. The molecule has 1 aromatic carbocycles. The van der Waals surface area contributed by atoms with Crippen LogP contribution < -0.4 is 5.32 Å². The maximum absolute atomic E-state index is 12.4. The minimum atomic E-state index is -0.0397. The topological polar surface area (TPSA) is 50.2 Å². The summed E-state index contributed by atoms with van der Waals surface area (Å²) in [6.45, 7) is 2.63. The molecule has 1 aliphatic carbocycles. The molecule has 25 heavy (non-hydrogen) atoms. The molecule has 1 saturated heterocycles. The Morgan fingerprint density at radius 2 is 1.88 bits per heavy atom. The molecule has 2 aromatic rings. The number of anilines is 1. The van der Waals surface area contributed by atoms with Gasteiger partial charge < -0.3 is 14.8 Å². The van der Waals surface area contributed by atoms with Crippen molar-refractivity contribution in [3.8, 4) is 0 Å². The van der Waals surface area contributed by atoms with Gasteiger partial charge in [0, 0.05) is 48.7 Å². The number of benzene rings is 1. The third-order valence-electron chi connectivity index (χ3n) is 5.14. The zero-order valence-electron chi connectivity index (χ0n) is 14.2. The number of halogens is 1. The summed E-state index contributed by atoms with van der Waals surface area (Å²) in [7, 11) is 0. The van der Waals surface area contributed by atoms with Crippen LogP contribution in [0, 0.1) is 5.92 Å². The van der Waals surface area contributed by atoms with Crippen molar-refractivity contribution in [1.29, 1.82) is 0 Å². The molecule has 1 N–H and O–H groups in total. The fraction of sp³-hybridized carbons (Fsp3) is 0.474. The van der Waals surface area contributed by atoms with Crippen LogP contribution in [0.4, 0.5) is 10.5 Å². The van der Waals surface area contributed by atoms with Crippen LogP contribution in [0.2, 0.25) is 5.02 Å². The molecule has 1 aromatic heterocycles. The molecule has 0 unspecified atom stereocenters. The highest BCUT2D eigenvalue weighted by Crippen LogP contribution is 2.33. The fourth-order valence-electron chi connectivity index (χ4n) is 3.49. The molecule has 0 bridgehead atoms. The van der Waals surface area contributed by atoms with Gasteiger partial charge in [-0.25, -0.2) is 9.78 Å². The van der Waals surface area contributed by atoms with E-state index in [2.05, 4.69) is 21.1 Å². The third kappa shape index (κ3) is 3.98. The number of nitrogens with one attached hydrogen (secondary N) is 1. The molecular weight excluding hydrogens is 336 g/mol. The van der Waals surface area contributed by atoms with Crippen LogP contribution in [0.3, 0.4) is 0 Å². The molecule has 0 spiro atoms. The summed E-state index contributed by atoms with van der Waals surface area (Å²) < 4.78 is 2.33. The molecule has 0 atom stereocenters. The van der Waals surface area contributed by atoms with Crippen molar-refractivity contribution in [3.05, 3.63) is 47.5 Å². The smallest absolute Gasteiger partial charge is 0.321 e. The normalized spacial score (nSPS) is 18.4. The van der Waals surface area contributed by atoms with Gasteiger partial charge in [-0.1, -0.05) is 11.6 Å². The number of rotatable bonds is 4. The molecular formula is C19H23ClN4O. The number of aromatic nitrogens is 2. The number of urea groups is 1. The average Bonchev–Trinajstić information content (AvgIpc) is 3.32. The molecule has 2 aliphatic rings. The van der Waals surface area contributed by atoms with E-state index in [4.69, 9.17) is 11.6 Å². The minimum absolute atomic E-state index is 0.0397. The number of hydrogen-bond donors (Lipinski definition) is 1. The number of hydrogen-bond acceptors (Lipinski definition) is 2. The predicted octanol–water partition coefficient (Wildman–Crippen LogP) is 4.36. The lowest BCUT2D eigenvalue weighted by Gasteiger charge is -2.32. The number of piperidine rings is 1. The Bertz CT molecular complexity index is 730. The number of likely N-dealkylation sites (tertiary alicyclic amines) is 1. The highest BCUT2D eigenvalue weighted by Gasteiger charge is 2.28. The number of amides is 2. The van der Waals surface area contributed by atoms with Gasteiger partial charge in [-0.3, -0.25) is 0 Å². The maximum Gasteiger partial charge on any atom is 0.321 e. The Morgan fingerprint density at radius 1 is 1.16 bits per heavy atom. The van der Waals surface area contributed by atoms with Gasteiger partial charge >= 0.3 is 6.03 Å². The van der Waals surface area contributed by atoms with Crippen LogP contribution in [0.25, 0.3) is 0 Å². The van der Waals surface area contributed by atoms with E-state index in [1.807, 2.05) is 23.2 Å². The van der Waals surface area contributed by atoms with Gasteiger partial charge in [0.05, 0.1) is 0 Å². The molecule has 4 rings (SSSR count). The van der Waals surface area contributed by atoms with Crippen LogP contribution in [-0.2, 0) is 6.54 Å². The number of carbonyl (C=O) groups excluding carboxylic acids is 1. The SMILES string of the molecule is O=C(Nc1ccc(Cl)cc1)N1CCC(c2nccn2CC2CC2)CC1. The van der Waals surface area contributed by atoms with Gasteiger partial charge in [-0.05, 0) is 55.9 Å². The second kappa shape index (κ2) is 7.08. The van der Waals surface area contributed by atoms with E-state index >= 15 is 0 Å². The lowest BCUT2D eigenvalue weighted by Crippen LogP contribution is -2.41. The van der Waals surface area contributed by atoms with Crippen LogP contribution in [-0.4, -0.2) is 33.6 Å². The van der Waals surface area contributed by atoms with E-state index in [-0.39, 0.29) is 6.03 Å². The first-order valence-electron chi connectivity index (χ1n) is 9.01. The van der Waals surface area contributed by atoms with E-state index in [0.29, 0.717) is 10.9 Å². The summed E-state index contributed by atoms with van der Waals surface area (Å²) in [5.41, 5.74) is 0.775. The van der Waals surface area contributed by atoms with Gasteiger partial charge in [0.2, 0.25) is 0 Å². The zero-order valence-corrected chi connectivity index (χ0v) is 15.0. The predicted molar refractivity (Wildman–Crippen MR) is 99.0 cm³/mol. The number of imidazole rings is 1. The van der Waals surface area contributed by atoms with Crippen LogP contribution in [0.15, 0.2) is 36.7 Å². The van der Waals surface area contributed by atoms with E-state index in [0.717, 1.165) is 44.1 Å². The Kier molecular flexibility index (Phi) is 4.66. The van der Waals surface area contributed by atoms with Crippen molar-refractivity contribution < 1.29 is 4.79 Å². The Morgan fingerprint density at radius 3 is 2.56 bits per heavy atom. The minimum Gasteiger partial charge on any atom is -0.334 e. The van der Waals surface area contributed by atoms with Crippen LogP contribution in [0.1, 0.15) is 37.4 Å². The molecule has 2 fully saturated rings. The second-order valence-corrected chi connectivity index (χ2v) is 7.52. The molecule has 2 heterocycles. The van der Waals surface area contributed by atoms with Crippen molar-refractivity contribution in [2.24, 2.45) is 5.92 Å². The summed E-state index contributed by atoms with van der Waals surface area (Å²) in [6, 6.07) is 7.16. The van der Waals surface area contributed by atoms with Gasteiger partial charge in [0.15, 0.2) is 0 Å². The lowest BCUT2D eigenvalue weighted by molar-refractivity contribution is 0.193. The van der Waals surface area contributed by atoms with Crippen molar-refractivity contribution in [2.45, 2.75) is 38.1 Å². The van der Waals surface area contributed by atoms with Crippen molar-refractivity contribution in [1.82, 2.24) is 14.5 Å². The summed E-state index contributed by atoms with van der Waals surface area (Å²) in [5, 5.41) is 3.61. The Labute approximate surface area is 153 Å². The van der Waals surface area contributed by atoms with Gasteiger partial charge in [-0.2, -0.15) is 0 Å². The monoisotopic (exact) mass is 358 g/mol. The summed E-state index contributed by atoms with van der Waals surface area (Å²) >= 11 is 5.88. The quantitative estimate of drug-likeness (QED) is 0.882. The fourth-order valence-corrected chi connectivity index (χ4v) is 3.62. The van der Waals surface area contributed by atoms with E-state index in [1.54, 1.807) is 12.1 Å². The molecule has 132 valence electrons. The Hall–Kier alpha value is -2.01. The second-order valence-electron chi connectivity index (χ2n) is 7.08. The molecule has 0 radical (unpaired) electrons. The van der Waals surface area contributed by atoms with E-state index < -0.39 is 0 Å². The molecule has 5 nitrogen and oxygen atoms in total. The summed E-state index contributed by atoms with van der Waals surface area (Å²) in [6.07, 6.45) is 8.65. The standard InChI is InChI=1S/C19H23ClN4O/c20-16-3-5-17(6-4-16)22-19(25)23-10-7-15(8-11-23)18-21-9-12-24(18)13-14-1-2-14/h3-6,9,12,14-15H,1-2,7-8,10-11,13H2,(H,22,25). The van der Waals surface area contributed by atoms with Crippen LogP contribution >= 0.6 is 11.6 Å². The van der Waals surface area contributed by atoms with E-state index in [1.165, 1.54) is 18.7 Å². The van der Waals surface area contributed by atoms with Crippen molar-refractivity contribution in [3.63, 3.8) is 0 Å². The summed E-state index contributed by atoms with van der Waals surface area (Å²) in [5.74, 6) is 2.50. The Balaban J connectivity index is 1.32. The molecule has 6 heteroatoms. The van der Waals surface area contributed by atoms with Crippen molar-refractivity contribution in [2.75, 3.05) is 18.4 Å². The van der Waals surface area contributed by atoms with Gasteiger partial charge in [0.1, 0.15) is 5.82 Å². The number of carbonyl (C=O) groups is 1. The summed E-state index contributed by atoms with van der Waals surface area (Å²) in [4.78, 5) is 18.9.